The Bertz CT molecular complexity index is 361. The Hall–Kier alpha value is -1.63. The van der Waals surface area contributed by atoms with Crippen molar-refractivity contribution in [3.63, 3.8) is 0 Å². The highest BCUT2D eigenvalue weighted by Gasteiger charge is 2.14. The van der Waals surface area contributed by atoms with Gasteiger partial charge in [-0.05, 0) is 6.42 Å². The van der Waals surface area contributed by atoms with Crippen molar-refractivity contribution in [1.82, 2.24) is 9.97 Å². The SMILES string of the molecule is CCCCOc1ncc([N+](=O)[O-])c(N)n1.Cl. The van der Waals surface area contributed by atoms with Gasteiger partial charge in [-0.2, -0.15) is 9.97 Å². The molecule has 1 aromatic rings. The Labute approximate surface area is 98.6 Å². The Morgan fingerprint density at radius 3 is 2.81 bits per heavy atom. The van der Waals surface area contributed by atoms with Crippen LogP contribution in [0.4, 0.5) is 11.5 Å². The Kier molecular flexibility index (Phi) is 6.09. The quantitative estimate of drug-likeness (QED) is 0.482. The summed E-state index contributed by atoms with van der Waals surface area (Å²) < 4.78 is 5.14. The van der Waals surface area contributed by atoms with Crippen LogP contribution in [0.25, 0.3) is 0 Å². The number of nitrogens with two attached hydrogens (primary N) is 1. The van der Waals surface area contributed by atoms with E-state index in [0.29, 0.717) is 6.61 Å². The Balaban J connectivity index is 0.00000225. The maximum atomic E-state index is 10.4. The average molecular weight is 249 g/mol. The van der Waals surface area contributed by atoms with E-state index in [2.05, 4.69) is 9.97 Å². The van der Waals surface area contributed by atoms with Crippen molar-refractivity contribution in [3.05, 3.63) is 16.3 Å². The Morgan fingerprint density at radius 2 is 2.31 bits per heavy atom. The molecule has 0 unspecified atom stereocenters. The summed E-state index contributed by atoms with van der Waals surface area (Å²) in [4.78, 5) is 17.1. The van der Waals surface area contributed by atoms with Gasteiger partial charge >= 0.3 is 11.7 Å². The monoisotopic (exact) mass is 248 g/mol. The minimum absolute atomic E-state index is 0. The molecular formula is C8H13ClN4O3. The number of aromatic nitrogens is 2. The summed E-state index contributed by atoms with van der Waals surface area (Å²) in [6, 6.07) is 0.0755. The molecule has 0 atom stereocenters. The van der Waals surface area contributed by atoms with Crippen molar-refractivity contribution in [1.29, 1.82) is 0 Å². The number of unbranched alkanes of at least 4 members (excludes halogenated alkanes) is 1. The van der Waals surface area contributed by atoms with Gasteiger partial charge in [-0.15, -0.1) is 12.4 Å². The smallest absolute Gasteiger partial charge is 0.329 e. The molecule has 0 aliphatic rings. The second kappa shape index (κ2) is 6.78. The molecule has 0 saturated carbocycles. The second-order valence-corrected chi connectivity index (χ2v) is 2.88. The van der Waals surface area contributed by atoms with Crippen molar-refractivity contribution >= 4 is 23.9 Å². The van der Waals surface area contributed by atoms with E-state index in [0.717, 1.165) is 19.0 Å². The number of halogens is 1. The van der Waals surface area contributed by atoms with Crippen LogP contribution >= 0.6 is 12.4 Å². The van der Waals surface area contributed by atoms with E-state index in [1.54, 1.807) is 0 Å². The molecule has 0 aromatic carbocycles. The fraction of sp³-hybridized carbons (Fsp3) is 0.500. The maximum absolute atomic E-state index is 10.4. The second-order valence-electron chi connectivity index (χ2n) is 2.88. The van der Waals surface area contributed by atoms with Crippen LogP contribution in [0.5, 0.6) is 6.01 Å². The summed E-state index contributed by atoms with van der Waals surface area (Å²) >= 11 is 0. The van der Waals surface area contributed by atoms with Gasteiger partial charge in [0.25, 0.3) is 0 Å². The van der Waals surface area contributed by atoms with Crippen LogP contribution in [0.1, 0.15) is 19.8 Å². The lowest BCUT2D eigenvalue weighted by Gasteiger charge is -2.03. The first-order valence-electron chi connectivity index (χ1n) is 4.55. The molecule has 0 radical (unpaired) electrons. The molecule has 0 fully saturated rings. The predicted molar refractivity (Wildman–Crippen MR) is 60.7 cm³/mol. The largest absolute Gasteiger partial charge is 0.463 e. The van der Waals surface area contributed by atoms with Gasteiger partial charge < -0.3 is 10.5 Å². The van der Waals surface area contributed by atoms with E-state index in [4.69, 9.17) is 10.5 Å². The molecule has 2 N–H and O–H groups in total. The van der Waals surface area contributed by atoms with Crippen LogP contribution < -0.4 is 10.5 Å². The van der Waals surface area contributed by atoms with Gasteiger partial charge in [-0.3, -0.25) is 10.1 Å². The number of hydrogen-bond donors (Lipinski definition) is 1. The standard InChI is InChI=1S/C8H12N4O3.ClH/c1-2-3-4-15-8-10-5-6(12(13)14)7(9)11-8;/h5H,2-4H2,1H3,(H2,9,10,11);1H. The normalized spacial score (nSPS) is 9.31. The van der Waals surface area contributed by atoms with Crippen LogP contribution in [-0.4, -0.2) is 21.5 Å². The number of anilines is 1. The van der Waals surface area contributed by atoms with Gasteiger partial charge in [-0.25, -0.2) is 0 Å². The molecule has 1 rings (SSSR count). The van der Waals surface area contributed by atoms with Gasteiger partial charge in [-0.1, -0.05) is 13.3 Å². The highest BCUT2D eigenvalue weighted by atomic mass is 35.5. The molecule has 16 heavy (non-hydrogen) atoms. The van der Waals surface area contributed by atoms with E-state index >= 15 is 0 Å². The zero-order valence-corrected chi connectivity index (χ0v) is 9.57. The van der Waals surface area contributed by atoms with Gasteiger partial charge in [0, 0.05) is 0 Å². The van der Waals surface area contributed by atoms with Gasteiger partial charge in [0.15, 0.2) is 0 Å². The summed E-state index contributed by atoms with van der Waals surface area (Å²) in [6.45, 7) is 2.50. The summed E-state index contributed by atoms with van der Waals surface area (Å²) in [5.41, 5.74) is 5.05. The number of hydrogen-bond acceptors (Lipinski definition) is 6. The van der Waals surface area contributed by atoms with Crippen LogP contribution in [0.15, 0.2) is 6.20 Å². The Morgan fingerprint density at radius 1 is 1.62 bits per heavy atom. The number of nitro groups is 1. The molecular weight excluding hydrogens is 236 g/mol. The fourth-order valence-electron chi connectivity index (χ4n) is 0.890. The van der Waals surface area contributed by atoms with E-state index in [1.807, 2.05) is 6.92 Å². The minimum Gasteiger partial charge on any atom is -0.463 e. The first-order valence-corrected chi connectivity index (χ1v) is 4.55. The molecule has 0 saturated heterocycles. The lowest BCUT2D eigenvalue weighted by Crippen LogP contribution is -2.05. The van der Waals surface area contributed by atoms with Crippen molar-refractivity contribution < 1.29 is 9.66 Å². The van der Waals surface area contributed by atoms with E-state index in [-0.39, 0.29) is 29.9 Å². The molecule has 0 spiro atoms. The van der Waals surface area contributed by atoms with E-state index in [1.165, 1.54) is 0 Å². The van der Waals surface area contributed by atoms with E-state index in [9.17, 15) is 10.1 Å². The highest BCUT2D eigenvalue weighted by molar-refractivity contribution is 5.85. The number of ether oxygens (including phenoxy) is 1. The van der Waals surface area contributed by atoms with E-state index < -0.39 is 4.92 Å². The predicted octanol–water partition coefficient (Wildman–Crippen LogP) is 1.57. The summed E-state index contributed by atoms with van der Waals surface area (Å²) in [5, 5.41) is 10.4. The molecule has 8 heteroatoms. The van der Waals surface area contributed by atoms with Crippen LogP contribution in [0.3, 0.4) is 0 Å². The highest BCUT2D eigenvalue weighted by Crippen LogP contribution is 2.19. The molecule has 7 nitrogen and oxygen atoms in total. The average Bonchev–Trinajstić information content (AvgIpc) is 2.17. The molecule has 0 aliphatic carbocycles. The van der Waals surface area contributed by atoms with Gasteiger partial charge in [0.1, 0.15) is 6.20 Å². The number of rotatable bonds is 5. The summed E-state index contributed by atoms with van der Waals surface area (Å²) in [6.07, 6.45) is 2.91. The summed E-state index contributed by atoms with van der Waals surface area (Å²) in [5.74, 6) is -0.179. The van der Waals surface area contributed by atoms with Gasteiger partial charge in [0.05, 0.1) is 11.5 Å². The topological polar surface area (TPSA) is 104 Å². The molecule has 1 aromatic heterocycles. The van der Waals surface area contributed by atoms with Gasteiger partial charge in [0.2, 0.25) is 5.82 Å². The molecule has 0 bridgehead atoms. The number of nitrogens with zero attached hydrogens (tertiary/aromatic N) is 3. The van der Waals surface area contributed by atoms with Crippen molar-refractivity contribution in [2.75, 3.05) is 12.3 Å². The first kappa shape index (κ1) is 14.4. The van der Waals surface area contributed by atoms with Crippen molar-refractivity contribution in [2.45, 2.75) is 19.8 Å². The fourth-order valence-corrected chi connectivity index (χ4v) is 0.890. The molecule has 0 aliphatic heterocycles. The van der Waals surface area contributed by atoms with Crippen molar-refractivity contribution in [2.24, 2.45) is 0 Å². The van der Waals surface area contributed by atoms with Crippen molar-refractivity contribution in [3.8, 4) is 6.01 Å². The summed E-state index contributed by atoms with van der Waals surface area (Å²) in [7, 11) is 0. The zero-order valence-electron chi connectivity index (χ0n) is 8.75. The molecule has 1 heterocycles. The van der Waals surface area contributed by atoms with Crippen LogP contribution in [0.2, 0.25) is 0 Å². The van der Waals surface area contributed by atoms with Crippen LogP contribution in [0, 0.1) is 10.1 Å². The third-order valence-electron chi connectivity index (χ3n) is 1.70. The lowest BCUT2D eigenvalue weighted by atomic mass is 10.4. The van der Waals surface area contributed by atoms with Crippen LogP contribution in [-0.2, 0) is 0 Å². The zero-order chi connectivity index (χ0) is 11.3. The third-order valence-corrected chi connectivity index (χ3v) is 1.70. The molecule has 90 valence electrons. The maximum Gasteiger partial charge on any atom is 0.329 e. The molecule has 0 amide bonds. The third kappa shape index (κ3) is 3.85. The minimum atomic E-state index is -0.634. The number of nitrogen functional groups attached to an aromatic ring is 1. The first-order chi connectivity index (χ1) is 7.15. The lowest BCUT2D eigenvalue weighted by molar-refractivity contribution is -0.384.